The van der Waals surface area contributed by atoms with E-state index in [1.807, 2.05) is 13.0 Å². The van der Waals surface area contributed by atoms with E-state index >= 15 is 0 Å². The first-order valence-electron chi connectivity index (χ1n) is 5.82. The van der Waals surface area contributed by atoms with Gasteiger partial charge in [-0.2, -0.15) is 4.98 Å². The molecule has 0 radical (unpaired) electrons. The zero-order valence-electron chi connectivity index (χ0n) is 10.3. The SMILES string of the molecule is CCOc1cncc(-c2nc(N)nc3nc[nH]c23)c1. The summed E-state index contributed by atoms with van der Waals surface area (Å²) in [5.41, 5.74) is 8.41. The number of rotatable bonds is 3. The van der Waals surface area contributed by atoms with Crippen LogP contribution >= 0.6 is 0 Å². The zero-order chi connectivity index (χ0) is 13.2. The largest absolute Gasteiger partial charge is 0.492 e. The number of nitrogens with two attached hydrogens (primary N) is 1. The highest BCUT2D eigenvalue weighted by Gasteiger charge is 2.11. The number of ether oxygens (including phenoxy) is 1. The van der Waals surface area contributed by atoms with Crippen LogP contribution in [0.3, 0.4) is 0 Å². The first-order chi connectivity index (χ1) is 9.28. The fraction of sp³-hybridized carbons (Fsp3) is 0.167. The lowest BCUT2D eigenvalue weighted by atomic mass is 10.2. The first-order valence-corrected chi connectivity index (χ1v) is 5.82. The molecule has 0 atom stereocenters. The molecule has 0 saturated heterocycles. The van der Waals surface area contributed by atoms with Crippen LogP contribution in [0.15, 0.2) is 24.8 Å². The smallest absolute Gasteiger partial charge is 0.222 e. The number of nitrogens with zero attached hydrogens (tertiary/aromatic N) is 4. The molecule has 19 heavy (non-hydrogen) atoms. The van der Waals surface area contributed by atoms with E-state index in [1.54, 1.807) is 18.7 Å². The van der Waals surface area contributed by atoms with E-state index in [-0.39, 0.29) is 5.95 Å². The Bertz CT molecular complexity index is 723. The molecular formula is C12H12N6O. The monoisotopic (exact) mass is 256 g/mol. The van der Waals surface area contributed by atoms with E-state index in [9.17, 15) is 0 Å². The summed E-state index contributed by atoms with van der Waals surface area (Å²) < 4.78 is 5.43. The molecule has 0 aliphatic rings. The van der Waals surface area contributed by atoms with Gasteiger partial charge in [0, 0.05) is 11.8 Å². The fourth-order valence-electron chi connectivity index (χ4n) is 1.85. The van der Waals surface area contributed by atoms with Crippen molar-refractivity contribution in [2.45, 2.75) is 6.92 Å². The summed E-state index contributed by atoms with van der Waals surface area (Å²) in [5.74, 6) is 0.862. The minimum absolute atomic E-state index is 0.177. The third kappa shape index (κ3) is 2.05. The Kier molecular flexibility index (Phi) is 2.71. The van der Waals surface area contributed by atoms with Crippen LogP contribution in [0, 0.1) is 0 Å². The predicted octanol–water partition coefficient (Wildman–Crippen LogP) is 1.40. The summed E-state index contributed by atoms with van der Waals surface area (Å²) in [6, 6.07) is 1.86. The Morgan fingerprint density at radius 3 is 3.05 bits per heavy atom. The standard InChI is InChI=1S/C12H12N6O/c1-2-19-8-3-7(4-14-5-8)9-10-11(16-6-15-10)18-12(13)17-9/h3-6H,2H2,1H3,(H3,13,15,16,17,18). The number of aromatic nitrogens is 5. The van der Waals surface area contributed by atoms with Gasteiger partial charge in [0.15, 0.2) is 5.65 Å². The van der Waals surface area contributed by atoms with E-state index in [1.165, 1.54) is 0 Å². The number of nitrogen functional groups attached to an aromatic ring is 1. The van der Waals surface area contributed by atoms with Gasteiger partial charge >= 0.3 is 0 Å². The Labute approximate surface area is 108 Å². The molecule has 7 nitrogen and oxygen atoms in total. The van der Waals surface area contributed by atoms with Crippen molar-refractivity contribution in [2.24, 2.45) is 0 Å². The molecule has 7 heteroatoms. The molecule has 0 amide bonds. The van der Waals surface area contributed by atoms with E-state index in [4.69, 9.17) is 10.5 Å². The Balaban J connectivity index is 2.18. The number of nitrogens with one attached hydrogen (secondary N) is 1. The zero-order valence-corrected chi connectivity index (χ0v) is 10.3. The van der Waals surface area contributed by atoms with Crippen LogP contribution in [0.2, 0.25) is 0 Å². The van der Waals surface area contributed by atoms with Crippen LogP contribution in [0.4, 0.5) is 5.95 Å². The van der Waals surface area contributed by atoms with Crippen molar-refractivity contribution in [1.82, 2.24) is 24.9 Å². The molecule has 96 valence electrons. The van der Waals surface area contributed by atoms with E-state index in [0.717, 1.165) is 11.1 Å². The van der Waals surface area contributed by atoms with Crippen LogP contribution in [0.1, 0.15) is 6.92 Å². The normalized spacial score (nSPS) is 10.8. The average molecular weight is 256 g/mol. The van der Waals surface area contributed by atoms with Crippen LogP contribution in [-0.4, -0.2) is 31.5 Å². The lowest BCUT2D eigenvalue weighted by Crippen LogP contribution is -1.99. The molecule has 3 N–H and O–H groups in total. The number of anilines is 1. The lowest BCUT2D eigenvalue weighted by molar-refractivity contribution is 0.339. The molecule has 0 unspecified atom stereocenters. The molecule has 0 fully saturated rings. The number of pyridine rings is 1. The highest BCUT2D eigenvalue weighted by Crippen LogP contribution is 2.26. The van der Waals surface area contributed by atoms with Gasteiger partial charge in [0.05, 0.1) is 19.1 Å². The maximum absolute atomic E-state index is 5.69. The van der Waals surface area contributed by atoms with Gasteiger partial charge in [-0.25, -0.2) is 9.97 Å². The number of imidazole rings is 1. The summed E-state index contributed by atoms with van der Waals surface area (Å²) in [6.07, 6.45) is 4.91. The number of hydrogen-bond acceptors (Lipinski definition) is 6. The number of H-pyrrole nitrogens is 1. The summed E-state index contributed by atoms with van der Waals surface area (Å²) in [5, 5.41) is 0. The highest BCUT2D eigenvalue weighted by atomic mass is 16.5. The third-order valence-corrected chi connectivity index (χ3v) is 2.60. The van der Waals surface area contributed by atoms with E-state index in [2.05, 4.69) is 24.9 Å². The number of fused-ring (bicyclic) bond motifs is 1. The van der Waals surface area contributed by atoms with Crippen LogP contribution in [0.25, 0.3) is 22.4 Å². The summed E-state index contributed by atoms with van der Waals surface area (Å²) in [4.78, 5) is 19.5. The molecule has 0 bridgehead atoms. The van der Waals surface area contributed by atoms with Crippen molar-refractivity contribution in [1.29, 1.82) is 0 Å². The highest BCUT2D eigenvalue weighted by molar-refractivity contribution is 5.87. The quantitative estimate of drug-likeness (QED) is 0.734. The Morgan fingerprint density at radius 2 is 2.21 bits per heavy atom. The van der Waals surface area contributed by atoms with Gasteiger partial charge in [0.1, 0.15) is 17.0 Å². The van der Waals surface area contributed by atoms with Crippen LogP contribution in [0.5, 0.6) is 5.75 Å². The molecule has 0 saturated carbocycles. The summed E-state index contributed by atoms with van der Waals surface area (Å²) in [6.45, 7) is 2.50. The topological polar surface area (TPSA) is 103 Å². The second-order valence-electron chi connectivity index (χ2n) is 3.87. The molecule has 0 aliphatic carbocycles. The van der Waals surface area contributed by atoms with E-state index in [0.29, 0.717) is 23.7 Å². The van der Waals surface area contributed by atoms with Gasteiger partial charge in [-0.1, -0.05) is 0 Å². The van der Waals surface area contributed by atoms with Crippen molar-refractivity contribution in [3.63, 3.8) is 0 Å². The van der Waals surface area contributed by atoms with Gasteiger partial charge < -0.3 is 15.5 Å². The van der Waals surface area contributed by atoms with Crippen molar-refractivity contribution >= 4 is 17.1 Å². The van der Waals surface area contributed by atoms with Gasteiger partial charge in [-0.05, 0) is 13.0 Å². The molecule has 3 heterocycles. The Hall–Kier alpha value is -2.70. The minimum Gasteiger partial charge on any atom is -0.492 e. The molecular weight excluding hydrogens is 244 g/mol. The second kappa shape index (κ2) is 4.52. The minimum atomic E-state index is 0.177. The van der Waals surface area contributed by atoms with Crippen molar-refractivity contribution in [2.75, 3.05) is 12.3 Å². The summed E-state index contributed by atoms with van der Waals surface area (Å²) >= 11 is 0. The average Bonchev–Trinajstić information content (AvgIpc) is 2.86. The molecule has 0 aromatic carbocycles. The second-order valence-corrected chi connectivity index (χ2v) is 3.87. The molecule has 3 rings (SSSR count). The van der Waals surface area contributed by atoms with Gasteiger partial charge in [0.2, 0.25) is 5.95 Å². The fourth-order valence-corrected chi connectivity index (χ4v) is 1.85. The predicted molar refractivity (Wildman–Crippen MR) is 70.5 cm³/mol. The molecule has 3 aromatic rings. The molecule has 0 spiro atoms. The van der Waals surface area contributed by atoms with Gasteiger partial charge in [-0.15, -0.1) is 0 Å². The lowest BCUT2D eigenvalue weighted by Gasteiger charge is -2.06. The molecule has 0 aliphatic heterocycles. The first kappa shape index (κ1) is 11.4. The number of hydrogen-bond donors (Lipinski definition) is 2. The van der Waals surface area contributed by atoms with Gasteiger partial charge in [0.25, 0.3) is 0 Å². The maximum atomic E-state index is 5.69. The van der Waals surface area contributed by atoms with Crippen LogP contribution in [-0.2, 0) is 0 Å². The molecule has 3 aromatic heterocycles. The van der Waals surface area contributed by atoms with E-state index < -0.39 is 0 Å². The van der Waals surface area contributed by atoms with Crippen molar-refractivity contribution in [3.05, 3.63) is 24.8 Å². The maximum Gasteiger partial charge on any atom is 0.222 e. The van der Waals surface area contributed by atoms with Crippen molar-refractivity contribution in [3.8, 4) is 17.0 Å². The van der Waals surface area contributed by atoms with Gasteiger partial charge in [-0.3, -0.25) is 4.98 Å². The van der Waals surface area contributed by atoms with Crippen LogP contribution < -0.4 is 10.5 Å². The Morgan fingerprint density at radius 1 is 1.32 bits per heavy atom. The van der Waals surface area contributed by atoms with Crippen molar-refractivity contribution < 1.29 is 4.74 Å². The summed E-state index contributed by atoms with van der Waals surface area (Å²) in [7, 11) is 0. The third-order valence-electron chi connectivity index (χ3n) is 2.60. The number of aromatic amines is 1.